The Morgan fingerprint density at radius 3 is 2.91 bits per heavy atom. The second kappa shape index (κ2) is 1.66. The minimum absolute atomic E-state index is 0.760. The van der Waals surface area contributed by atoms with Gasteiger partial charge in [-0.15, -0.1) is 0 Å². The highest BCUT2D eigenvalue weighted by Gasteiger charge is 2.66. The van der Waals surface area contributed by atoms with Crippen molar-refractivity contribution in [3.8, 4) is 0 Å². The quantitative estimate of drug-likeness (QED) is 0.511. The number of hydrogen-bond acceptors (Lipinski definition) is 1. The average molecular weight is 151 g/mol. The lowest BCUT2D eigenvalue weighted by atomic mass is 9.49. The van der Waals surface area contributed by atoms with Crippen molar-refractivity contribution >= 4 is 0 Å². The Kier molecular flexibility index (Phi) is 0.976. The first-order chi connectivity index (χ1) is 5.23. The normalized spacial score (nSPS) is 61.1. The first-order valence-electron chi connectivity index (χ1n) is 4.95. The van der Waals surface area contributed by atoms with E-state index in [9.17, 15) is 0 Å². The van der Waals surface area contributed by atoms with E-state index < -0.39 is 0 Å². The largest absolute Gasteiger partial charge is 0.299 e. The highest BCUT2D eigenvalue weighted by Crippen LogP contribution is 2.64. The Balaban J connectivity index is 1.96. The van der Waals surface area contributed by atoms with Gasteiger partial charge in [0.1, 0.15) is 0 Å². The van der Waals surface area contributed by atoms with Crippen LogP contribution in [0.2, 0.25) is 0 Å². The minimum atomic E-state index is 0.760. The van der Waals surface area contributed by atoms with Crippen LogP contribution in [-0.4, -0.2) is 24.0 Å². The summed E-state index contributed by atoms with van der Waals surface area (Å²) in [5.74, 6) is 1.07. The molecule has 4 fully saturated rings. The van der Waals surface area contributed by atoms with Crippen LogP contribution in [0.3, 0.4) is 0 Å². The van der Waals surface area contributed by atoms with E-state index in [-0.39, 0.29) is 0 Å². The molecule has 2 unspecified atom stereocenters. The highest BCUT2D eigenvalue weighted by molar-refractivity contribution is 5.20. The van der Waals surface area contributed by atoms with Gasteiger partial charge in [-0.05, 0) is 37.6 Å². The molecule has 0 aromatic heterocycles. The van der Waals surface area contributed by atoms with Crippen LogP contribution in [0.15, 0.2) is 0 Å². The van der Waals surface area contributed by atoms with E-state index in [0.717, 1.165) is 23.4 Å². The molecule has 4 aliphatic rings. The van der Waals surface area contributed by atoms with E-state index >= 15 is 0 Å². The Hall–Kier alpha value is -0.0400. The number of fused-ring (bicyclic) bond motifs is 2. The van der Waals surface area contributed by atoms with E-state index in [4.69, 9.17) is 0 Å². The van der Waals surface area contributed by atoms with E-state index in [0.29, 0.717) is 0 Å². The SMILES string of the molecule is CN1C2CCCC3C[C@]2(C)[C@H]31. The maximum Gasteiger partial charge on any atom is 0.0193 e. The molecule has 0 aromatic carbocycles. The van der Waals surface area contributed by atoms with Gasteiger partial charge < -0.3 is 0 Å². The predicted molar refractivity (Wildman–Crippen MR) is 45.4 cm³/mol. The summed E-state index contributed by atoms with van der Waals surface area (Å²) in [6.45, 7) is 2.50. The lowest BCUT2D eigenvalue weighted by molar-refractivity contribution is -0.209. The molecule has 0 aromatic rings. The van der Waals surface area contributed by atoms with E-state index in [1.54, 1.807) is 0 Å². The van der Waals surface area contributed by atoms with Gasteiger partial charge in [-0.2, -0.15) is 0 Å². The summed E-state index contributed by atoms with van der Waals surface area (Å²) in [6, 6.07) is 1.93. The minimum Gasteiger partial charge on any atom is -0.299 e. The molecule has 1 heteroatoms. The first kappa shape index (κ1) is 6.47. The van der Waals surface area contributed by atoms with Gasteiger partial charge in [-0.25, -0.2) is 0 Å². The van der Waals surface area contributed by atoms with Gasteiger partial charge in [-0.1, -0.05) is 13.3 Å². The van der Waals surface area contributed by atoms with Gasteiger partial charge in [0, 0.05) is 12.1 Å². The lowest BCUT2D eigenvalue weighted by Gasteiger charge is -2.70. The Labute approximate surface area is 68.8 Å². The van der Waals surface area contributed by atoms with E-state index in [1.165, 1.54) is 25.7 Å². The molecule has 0 amide bonds. The fourth-order valence-corrected chi connectivity index (χ4v) is 4.25. The summed E-state index contributed by atoms with van der Waals surface area (Å²) in [5, 5.41) is 0. The summed E-state index contributed by atoms with van der Waals surface area (Å²) < 4.78 is 0. The molecular formula is C10H17N. The Morgan fingerprint density at radius 2 is 2.18 bits per heavy atom. The number of nitrogens with zero attached hydrogens (tertiary/aromatic N) is 1. The number of hydrogen-bond donors (Lipinski definition) is 0. The van der Waals surface area contributed by atoms with Gasteiger partial charge in [0.15, 0.2) is 0 Å². The summed E-state index contributed by atoms with van der Waals surface area (Å²) in [7, 11) is 2.33. The highest BCUT2D eigenvalue weighted by atomic mass is 15.3. The molecule has 4 bridgehead atoms. The Morgan fingerprint density at radius 1 is 1.36 bits per heavy atom. The van der Waals surface area contributed by atoms with Crippen LogP contribution >= 0.6 is 0 Å². The molecule has 0 radical (unpaired) electrons. The standard InChI is InChI=1S/C10H17N/c1-10-6-7-4-3-5-8(10)11(2)9(7)10/h7-9H,3-6H2,1-2H3/t7?,8?,9-,10-/m0/s1. The second-order valence-corrected chi connectivity index (χ2v) is 5.03. The van der Waals surface area contributed by atoms with Gasteiger partial charge in [0.25, 0.3) is 0 Å². The van der Waals surface area contributed by atoms with Gasteiger partial charge in [-0.3, -0.25) is 4.90 Å². The summed E-state index contributed by atoms with van der Waals surface area (Å²) in [6.07, 6.45) is 6.01. The lowest BCUT2D eigenvalue weighted by Crippen LogP contribution is -2.76. The monoisotopic (exact) mass is 151 g/mol. The molecule has 2 aliphatic carbocycles. The zero-order valence-corrected chi connectivity index (χ0v) is 7.51. The summed E-state index contributed by atoms with van der Waals surface area (Å²) >= 11 is 0. The molecule has 1 nitrogen and oxygen atoms in total. The van der Waals surface area contributed by atoms with Crippen molar-refractivity contribution < 1.29 is 0 Å². The summed E-state index contributed by atoms with van der Waals surface area (Å²) in [4.78, 5) is 2.64. The van der Waals surface area contributed by atoms with Crippen molar-refractivity contribution in [2.45, 2.75) is 44.7 Å². The molecule has 2 heterocycles. The van der Waals surface area contributed by atoms with Crippen LogP contribution < -0.4 is 0 Å². The Bertz CT molecular complexity index is 190. The van der Waals surface area contributed by atoms with Crippen LogP contribution in [0.25, 0.3) is 0 Å². The van der Waals surface area contributed by atoms with Crippen LogP contribution in [0.1, 0.15) is 32.6 Å². The molecule has 0 spiro atoms. The van der Waals surface area contributed by atoms with Crippen LogP contribution in [0.5, 0.6) is 0 Å². The van der Waals surface area contributed by atoms with Gasteiger partial charge in [0.2, 0.25) is 0 Å². The summed E-state index contributed by atoms with van der Waals surface area (Å²) in [5.41, 5.74) is 0.760. The molecule has 2 aliphatic heterocycles. The van der Waals surface area contributed by atoms with Crippen LogP contribution in [-0.2, 0) is 0 Å². The molecule has 62 valence electrons. The zero-order chi connectivity index (χ0) is 7.64. The fourth-order valence-electron chi connectivity index (χ4n) is 4.25. The van der Waals surface area contributed by atoms with Crippen molar-refractivity contribution in [1.29, 1.82) is 0 Å². The molecule has 4 atom stereocenters. The third kappa shape index (κ3) is 0.516. The fraction of sp³-hybridized carbons (Fsp3) is 1.00. The maximum atomic E-state index is 2.64. The topological polar surface area (TPSA) is 3.24 Å². The van der Waals surface area contributed by atoms with Gasteiger partial charge in [0.05, 0.1) is 0 Å². The van der Waals surface area contributed by atoms with Gasteiger partial charge >= 0.3 is 0 Å². The van der Waals surface area contributed by atoms with Crippen LogP contribution in [0, 0.1) is 11.3 Å². The number of rotatable bonds is 0. The molecule has 2 saturated heterocycles. The van der Waals surface area contributed by atoms with Crippen molar-refractivity contribution in [3.63, 3.8) is 0 Å². The third-order valence-electron chi connectivity index (χ3n) is 4.57. The number of piperidine rings is 1. The smallest absolute Gasteiger partial charge is 0.0193 e. The van der Waals surface area contributed by atoms with E-state index in [1.807, 2.05) is 0 Å². The molecule has 4 rings (SSSR count). The molecule has 2 saturated carbocycles. The third-order valence-corrected chi connectivity index (χ3v) is 4.57. The van der Waals surface area contributed by atoms with Crippen molar-refractivity contribution in [2.24, 2.45) is 11.3 Å². The van der Waals surface area contributed by atoms with Crippen LogP contribution in [0.4, 0.5) is 0 Å². The molecular weight excluding hydrogens is 134 g/mol. The maximum absolute atomic E-state index is 2.64. The molecule has 0 N–H and O–H groups in total. The first-order valence-corrected chi connectivity index (χ1v) is 4.95. The average Bonchev–Trinajstić information content (AvgIpc) is 2.22. The van der Waals surface area contributed by atoms with Crippen molar-refractivity contribution in [1.82, 2.24) is 4.90 Å². The van der Waals surface area contributed by atoms with E-state index in [2.05, 4.69) is 18.9 Å². The predicted octanol–water partition coefficient (Wildman–Crippen LogP) is 1.88. The second-order valence-electron chi connectivity index (χ2n) is 5.03. The molecule has 11 heavy (non-hydrogen) atoms. The zero-order valence-electron chi connectivity index (χ0n) is 7.51. The van der Waals surface area contributed by atoms with Crippen molar-refractivity contribution in [2.75, 3.05) is 7.05 Å². The van der Waals surface area contributed by atoms with Crippen molar-refractivity contribution in [3.05, 3.63) is 0 Å².